The van der Waals surface area contributed by atoms with E-state index in [1.54, 1.807) is 6.08 Å². The van der Waals surface area contributed by atoms with Gasteiger partial charge in [0.25, 0.3) is 0 Å². The van der Waals surface area contributed by atoms with Gasteiger partial charge in [-0.1, -0.05) is 338 Å². The van der Waals surface area contributed by atoms with Gasteiger partial charge in [-0.05, 0) is 96.3 Å². The molecule has 480 valence electrons. The number of rotatable bonds is 68. The minimum absolute atomic E-state index is 0.00290. The van der Waals surface area contributed by atoms with Crippen molar-refractivity contribution in [1.82, 2.24) is 5.32 Å². The molecule has 0 rings (SSSR count). The summed E-state index contributed by atoms with van der Waals surface area (Å²) in [6.07, 6.45) is 94.4. The average Bonchev–Trinajstić information content (AvgIpc) is 3.48. The minimum atomic E-state index is -0.854. The standard InChI is InChI=1S/C76H141NO5/c1-3-5-7-9-11-13-15-17-19-21-23-24-26-29-33-36-40-44-48-52-56-60-64-68-74(79)73(72-78)77-75(80)69-65-61-57-53-49-45-41-37-34-30-27-25-28-31-35-39-43-47-51-55-59-63-67-71-82-76(81)70-66-62-58-54-50-46-42-38-32-22-20-18-16-14-12-10-8-6-4-2/h12,14,18,20,25,28,30,34,64,68,73-74,78-79H,3-11,13,15-17,19,21-24,26-27,29,31-33,35-63,65-67,69-72H2,1-2H3,(H,77,80)/b14-12-,20-18-,28-25-,34-30-,68-64+. The van der Waals surface area contributed by atoms with Crippen molar-refractivity contribution in [3.8, 4) is 0 Å². The van der Waals surface area contributed by atoms with Gasteiger partial charge in [-0.15, -0.1) is 0 Å². The van der Waals surface area contributed by atoms with Crippen LogP contribution in [0.3, 0.4) is 0 Å². The summed E-state index contributed by atoms with van der Waals surface area (Å²) in [6, 6.07) is -0.638. The third kappa shape index (κ3) is 66.7. The predicted octanol–water partition coefficient (Wildman–Crippen LogP) is 23.8. The molecular formula is C76H141NO5. The van der Waals surface area contributed by atoms with E-state index in [9.17, 15) is 19.8 Å². The first-order valence-corrected chi connectivity index (χ1v) is 36.6. The number of hydrogen-bond acceptors (Lipinski definition) is 5. The zero-order chi connectivity index (χ0) is 59.2. The molecule has 0 aromatic heterocycles. The monoisotopic (exact) mass is 1150 g/mol. The molecule has 1 amide bonds. The highest BCUT2D eigenvalue weighted by Crippen LogP contribution is 2.18. The molecule has 82 heavy (non-hydrogen) atoms. The van der Waals surface area contributed by atoms with Crippen molar-refractivity contribution < 1.29 is 24.5 Å². The van der Waals surface area contributed by atoms with Gasteiger partial charge in [-0.2, -0.15) is 0 Å². The number of aliphatic hydroxyl groups excluding tert-OH is 2. The first kappa shape index (κ1) is 79.6. The number of hydrogen-bond donors (Lipinski definition) is 3. The minimum Gasteiger partial charge on any atom is -0.466 e. The molecule has 0 saturated carbocycles. The van der Waals surface area contributed by atoms with Crippen LogP contribution in [0.5, 0.6) is 0 Å². The number of carbonyl (C=O) groups excluding carboxylic acids is 2. The van der Waals surface area contributed by atoms with Crippen LogP contribution in [0, 0.1) is 0 Å². The van der Waals surface area contributed by atoms with Crippen molar-refractivity contribution in [2.24, 2.45) is 0 Å². The van der Waals surface area contributed by atoms with Crippen LogP contribution < -0.4 is 5.32 Å². The van der Waals surface area contributed by atoms with E-state index in [0.717, 1.165) is 70.6 Å². The zero-order valence-electron chi connectivity index (χ0n) is 55.0. The molecule has 2 atom stereocenters. The van der Waals surface area contributed by atoms with Crippen LogP contribution in [0.1, 0.15) is 386 Å². The number of unbranched alkanes of at least 4 members (excludes halogenated alkanes) is 49. The highest BCUT2D eigenvalue weighted by Gasteiger charge is 2.18. The Balaban J connectivity index is 3.47. The predicted molar refractivity (Wildman–Crippen MR) is 361 cm³/mol. The number of carbonyl (C=O) groups is 2. The van der Waals surface area contributed by atoms with Crippen LogP contribution >= 0.6 is 0 Å². The fourth-order valence-corrected chi connectivity index (χ4v) is 11.2. The quantitative estimate of drug-likeness (QED) is 0.0320. The maximum atomic E-state index is 12.5. The Bertz CT molecular complexity index is 1420. The van der Waals surface area contributed by atoms with E-state index < -0.39 is 12.1 Å². The van der Waals surface area contributed by atoms with E-state index in [-0.39, 0.29) is 18.5 Å². The Morgan fingerprint density at radius 1 is 0.341 bits per heavy atom. The Labute approximate surface area is 511 Å². The molecule has 0 bridgehead atoms. The first-order chi connectivity index (χ1) is 40.5. The lowest BCUT2D eigenvalue weighted by molar-refractivity contribution is -0.143. The van der Waals surface area contributed by atoms with Gasteiger partial charge in [-0.3, -0.25) is 9.59 Å². The van der Waals surface area contributed by atoms with Crippen molar-refractivity contribution in [2.45, 2.75) is 398 Å². The smallest absolute Gasteiger partial charge is 0.305 e. The number of nitrogens with one attached hydrogen (secondary N) is 1. The van der Waals surface area contributed by atoms with Gasteiger partial charge < -0.3 is 20.3 Å². The Kier molecular flexibility index (Phi) is 68.9. The van der Waals surface area contributed by atoms with Crippen molar-refractivity contribution in [2.75, 3.05) is 13.2 Å². The molecule has 0 aromatic rings. The Hall–Kier alpha value is -2.44. The molecule has 0 aliphatic heterocycles. The largest absolute Gasteiger partial charge is 0.466 e. The summed E-state index contributed by atoms with van der Waals surface area (Å²) < 4.78 is 5.50. The second-order valence-electron chi connectivity index (χ2n) is 24.9. The number of esters is 1. The lowest BCUT2D eigenvalue weighted by Crippen LogP contribution is -2.45. The highest BCUT2D eigenvalue weighted by atomic mass is 16.5. The van der Waals surface area contributed by atoms with Gasteiger partial charge in [0.2, 0.25) is 5.91 Å². The third-order valence-electron chi connectivity index (χ3n) is 16.8. The van der Waals surface area contributed by atoms with Crippen LogP contribution in [0.2, 0.25) is 0 Å². The van der Waals surface area contributed by atoms with Crippen molar-refractivity contribution in [3.05, 3.63) is 60.8 Å². The second kappa shape index (κ2) is 71.0. The van der Waals surface area contributed by atoms with E-state index in [1.165, 1.54) is 289 Å². The average molecular weight is 1150 g/mol. The van der Waals surface area contributed by atoms with Gasteiger partial charge in [0, 0.05) is 12.8 Å². The lowest BCUT2D eigenvalue weighted by atomic mass is 10.0. The fraction of sp³-hybridized carbons (Fsp3) is 0.842. The van der Waals surface area contributed by atoms with Gasteiger partial charge >= 0.3 is 5.97 Å². The summed E-state index contributed by atoms with van der Waals surface area (Å²) in [5.41, 5.74) is 0. The molecule has 2 unspecified atom stereocenters. The summed E-state index contributed by atoms with van der Waals surface area (Å²) in [5.74, 6) is -0.0726. The fourth-order valence-electron chi connectivity index (χ4n) is 11.2. The maximum Gasteiger partial charge on any atom is 0.305 e. The Morgan fingerprint density at radius 3 is 0.951 bits per heavy atom. The summed E-state index contributed by atoms with van der Waals surface area (Å²) in [4.78, 5) is 24.6. The molecular weight excluding hydrogens is 1010 g/mol. The number of ether oxygens (including phenoxy) is 1. The van der Waals surface area contributed by atoms with Crippen molar-refractivity contribution in [3.63, 3.8) is 0 Å². The number of aliphatic hydroxyl groups is 2. The van der Waals surface area contributed by atoms with Crippen molar-refractivity contribution in [1.29, 1.82) is 0 Å². The summed E-state index contributed by atoms with van der Waals surface area (Å²) >= 11 is 0. The molecule has 0 aliphatic carbocycles. The Morgan fingerprint density at radius 2 is 0.610 bits per heavy atom. The van der Waals surface area contributed by atoms with E-state index in [0.29, 0.717) is 19.4 Å². The van der Waals surface area contributed by atoms with Gasteiger partial charge in [0.15, 0.2) is 0 Å². The van der Waals surface area contributed by atoms with Gasteiger partial charge in [-0.25, -0.2) is 0 Å². The van der Waals surface area contributed by atoms with Crippen LogP contribution in [-0.4, -0.2) is 47.4 Å². The molecule has 0 spiro atoms. The van der Waals surface area contributed by atoms with E-state index in [1.807, 2.05) is 6.08 Å². The van der Waals surface area contributed by atoms with Crippen LogP contribution in [0.4, 0.5) is 0 Å². The molecule has 0 heterocycles. The first-order valence-electron chi connectivity index (χ1n) is 36.6. The van der Waals surface area contributed by atoms with E-state index in [4.69, 9.17) is 4.74 Å². The molecule has 6 heteroatoms. The second-order valence-corrected chi connectivity index (χ2v) is 24.9. The highest BCUT2D eigenvalue weighted by molar-refractivity contribution is 5.76. The molecule has 0 fully saturated rings. The lowest BCUT2D eigenvalue weighted by Gasteiger charge is -2.20. The topological polar surface area (TPSA) is 95.9 Å². The molecule has 6 nitrogen and oxygen atoms in total. The molecule has 0 aromatic carbocycles. The number of allylic oxidation sites excluding steroid dienone is 9. The molecule has 3 N–H and O–H groups in total. The normalized spacial score (nSPS) is 12.9. The molecule has 0 saturated heterocycles. The van der Waals surface area contributed by atoms with E-state index in [2.05, 4.69) is 67.8 Å². The van der Waals surface area contributed by atoms with Crippen molar-refractivity contribution >= 4 is 11.9 Å². The third-order valence-corrected chi connectivity index (χ3v) is 16.8. The summed E-state index contributed by atoms with van der Waals surface area (Å²) in [6.45, 7) is 4.90. The maximum absolute atomic E-state index is 12.5. The van der Waals surface area contributed by atoms with Gasteiger partial charge in [0.05, 0.1) is 25.4 Å². The summed E-state index contributed by atoms with van der Waals surface area (Å²) in [5, 5.41) is 23.3. The summed E-state index contributed by atoms with van der Waals surface area (Å²) in [7, 11) is 0. The molecule has 0 radical (unpaired) electrons. The SMILES string of the molecule is CCCCC/C=C\C/C=C\CCCCCCCCCCCC(=O)OCCCCCCCCCCC/C=C\C/C=C\CCCCCCCCCC(=O)NC(CO)C(O)/C=C/CCCCCCCCCCCCCCCCCCCCCCC. The van der Waals surface area contributed by atoms with Crippen LogP contribution in [0.25, 0.3) is 0 Å². The van der Waals surface area contributed by atoms with Gasteiger partial charge in [0.1, 0.15) is 0 Å². The van der Waals surface area contributed by atoms with Crippen LogP contribution in [-0.2, 0) is 14.3 Å². The van der Waals surface area contributed by atoms with E-state index >= 15 is 0 Å². The number of amides is 1. The zero-order valence-corrected chi connectivity index (χ0v) is 55.0. The van der Waals surface area contributed by atoms with Crippen LogP contribution in [0.15, 0.2) is 60.8 Å². The molecule has 0 aliphatic rings.